The van der Waals surface area contributed by atoms with Crippen molar-refractivity contribution in [1.82, 2.24) is 0 Å². The van der Waals surface area contributed by atoms with Crippen LogP contribution < -0.4 is 14.8 Å². The van der Waals surface area contributed by atoms with Crippen LogP contribution in [0.1, 0.15) is 51.5 Å². The number of sulfonamides is 1. The van der Waals surface area contributed by atoms with Crippen molar-refractivity contribution in [3.8, 4) is 17.6 Å². The Morgan fingerprint density at radius 2 is 1.70 bits per heavy atom. The number of primary sulfonamides is 1. The molecule has 0 aliphatic heterocycles. The Labute approximate surface area is 180 Å². The molecule has 2 aromatic carbocycles. The zero-order chi connectivity index (χ0) is 22.0. The number of aryl methyl sites for hydroxylation is 1. The number of anilines is 1. The van der Waals surface area contributed by atoms with Gasteiger partial charge in [0.1, 0.15) is 10.6 Å². The number of unbranched alkanes of at least 4 members (excludes halogenated alkanes) is 2. The first-order valence-corrected chi connectivity index (χ1v) is 12.0. The normalized spacial score (nSPS) is 11.1. The van der Waals surface area contributed by atoms with Crippen LogP contribution in [0, 0.1) is 11.3 Å². The first kappa shape index (κ1) is 23.7. The molecule has 162 valence electrons. The Balaban J connectivity index is 2.67. The van der Waals surface area contributed by atoms with Crippen LogP contribution in [0.25, 0.3) is 0 Å². The fourth-order valence-electron chi connectivity index (χ4n) is 3.19. The van der Waals surface area contributed by atoms with Gasteiger partial charge >= 0.3 is 0 Å². The minimum atomic E-state index is -4.03. The van der Waals surface area contributed by atoms with Gasteiger partial charge in [0.05, 0.1) is 11.8 Å². The van der Waals surface area contributed by atoms with E-state index in [1.165, 1.54) is 6.07 Å². The number of hydrogen-bond donors (Lipinski definition) is 1. The van der Waals surface area contributed by atoms with Crippen LogP contribution in [0.4, 0.5) is 5.69 Å². The molecule has 0 fully saturated rings. The molecule has 6 nitrogen and oxygen atoms in total. The average molecular weight is 430 g/mol. The number of para-hydroxylation sites is 1. The summed E-state index contributed by atoms with van der Waals surface area (Å²) in [6.45, 7) is 5.82. The molecule has 0 saturated heterocycles. The van der Waals surface area contributed by atoms with E-state index in [4.69, 9.17) is 15.1 Å². The third-order valence-corrected chi connectivity index (χ3v) is 5.71. The molecule has 2 N–H and O–H groups in total. The van der Waals surface area contributed by atoms with E-state index in [0.717, 1.165) is 44.3 Å². The monoisotopic (exact) mass is 429 g/mol. The molecule has 0 atom stereocenters. The molecule has 0 heterocycles. The van der Waals surface area contributed by atoms with E-state index in [-0.39, 0.29) is 10.6 Å². The van der Waals surface area contributed by atoms with Gasteiger partial charge in [-0.05, 0) is 49.1 Å². The summed E-state index contributed by atoms with van der Waals surface area (Å²) in [5.74, 6) is 0.788. The molecule has 2 aromatic rings. The van der Waals surface area contributed by atoms with Crippen molar-refractivity contribution in [3.05, 3.63) is 48.0 Å². The standard InChI is InChI=1S/C23H31N3O3S/c1-3-5-15-26(16-6-4-2)21-17-19(11-10-14-24)18-22(30(25,27)28)23(21)29-20-12-8-7-9-13-20/h7-9,12-13,17-18H,3-6,10-11,15-16H2,1-2H3,(H2,25,27,28). The predicted octanol–water partition coefficient (Wildman–Crippen LogP) is 4.99. The Morgan fingerprint density at radius 3 is 2.23 bits per heavy atom. The van der Waals surface area contributed by atoms with Crippen molar-refractivity contribution in [2.24, 2.45) is 5.14 Å². The van der Waals surface area contributed by atoms with Crippen LogP contribution in [0.3, 0.4) is 0 Å². The largest absolute Gasteiger partial charge is 0.454 e. The van der Waals surface area contributed by atoms with E-state index in [9.17, 15) is 8.42 Å². The molecular weight excluding hydrogens is 398 g/mol. The van der Waals surface area contributed by atoms with Crippen molar-refractivity contribution >= 4 is 15.7 Å². The third kappa shape index (κ3) is 6.75. The Hall–Kier alpha value is -2.56. The summed E-state index contributed by atoms with van der Waals surface area (Å²) in [5.41, 5.74) is 1.47. The Kier molecular flexibility index (Phi) is 9.15. The topological polar surface area (TPSA) is 96.4 Å². The van der Waals surface area contributed by atoms with Gasteiger partial charge in [0.2, 0.25) is 10.0 Å². The fraction of sp³-hybridized carbons (Fsp3) is 0.435. The number of rotatable bonds is 12. The molecule has 0 unspecified atom stereocenters. The lowest BCUT2D eigenvalue weighted by Gasteiger charge is -2.28. The molecule has 0 spiro atoms. The van der Waals surface area contributed by atoms with Crippen LogP contribution in [-0.2, 0) is 16.4 Å². The van der Waals surface area contributed by atoms with Gasteiger partial charge in [0.25, 0.3) is 0 Å². The van der Waals surface area contributed by atoms with E-state index in [1.54, 1.807) is 12.1 Å². The lowest BCUT2D eigenvalue weighted by molar-refractivity contribution is 0.465. The van der Waals surface area contributed by atoms with Crippen molar-refractivity contribution in [2.45, 2.75) is 57.3 Å². The summed E-state index contributed by atoms with van der Waals surface area (Å²) in [6.07, 6.45) is 4.74. The van der Waals surface area contributed by atoms with Crippen molar-refractivity contribution in [2.75, 3.05) is 18.0 Å². The minimum absolute atomic E-state index is 0.0465. The highest BCUT2D eigenvalue weighted by Crippen LogP contribution is 2.40. The van der Waals surface area contributed by atoms with E-state index >= 15 is 0 Å². The maximum absolute atomic E-state index is 12.5. The highest BCUT2D eigenvalue weighted by Gasteiger charge is 2.24. The van der Waals surface area contributed by atoms with E-state index in [1.807, 2.05) is 24.3 Å². The van der Waals surface area contributed by atoms with Gasteiger partial charge in [0, 0.05) is 19.5 Å². The molecule has 0 amide bonds. The molecule has 7 heteroatoms. The molecule has 0 aliphatic carbocycles. The summed E-state index contributed by atoms with van der Waals surface area (Å²) in [6, 6.07) is 14.7. The van der Waals surface area contributed by atoms with Crippen LogP contribution in [0.15, 0.2) is 47.4 Å². The number of ether oxygens (including phenoxy) is 1. The molecule has 0 radical (unpaired) electrons. The number of benzene rings is 2. The molecule has 30 heavy (non-hydrogen) atoms. The third-order valence-electron chi connectivity index (χ3n) is 4.79. The van der Waals surface area contributed by atoms with Gasteiger partial charge in [0.15, 0.2) is 5.75 Å². The maximum Gasteiger partial charge on any atom is 0.241 e. The van der Waals surface area contributed by atoms with Crippen molar-refractivity contribution in [1.29, 1.82) is 5.26 Å². The lowest BCUT2D eigenvalue weighted by Crippen LogP contribution is -2.27. The SMILES string of the molecule is CCCCN(CCCC)c1cc(CCC#N)cc(S(N)(=O)=O)c1Oc1ccccc1. The zero-order valence-electron chi connectivity index (χ0n) is 17.8. The Bertz CT molecular complexity index is 946. The number of hydrogen-bond acceptors (Lipinski definition) is 5. The van der Waals surface area contributed by atoms with E-state index in [2.05, 4.69) is 24.8 Å². The summed E-state index contributed by atoms with van der Waals surface area (Å²) in [7, 11) is -4.03. The minimum Gasteiger partial charge on any atom is -0.454 e. The van der Waals surface area contributed by atoms with Gasteiger partial charge in [-0.1, -0.05) is 44.9 Å². The van der Waals surface area contributed by atoms with Gasteiger partial charge < -0.3 is 9.64 Å². The van der Waals surface area contributed by atoms with Gasteiger partial charge in [-0.25, -0.2) is 13.6 Å². The second-order valence-electron chi connectivity index (χ2n) is 7.25. The van der Waals surface area contributed by atoms with Crippen molar-refractivity contribution in [3.63, 3.8) is 0 Å². The van der Waals surface area contributed by atoms with E-state index < -0.39 is 10.0 Å². The van der Waals surface area contributed by atoms with Gasteiger partial charge in [-0.15, -0.1) is 0 Å². The number of nitrogens with zero attached hydrogens (tertiary/aromatic N) is 2. The molecule has 0 aliphatic rings. The summed E-state index contributed by atoms with van der Waals surface area (Å²) < 4.78 is 31.1. The van der Waals surface area contributed by atoms with Crippen LogP contribution in [-0.4, -0.2) is 21.5 Å². The average Bonchev–Trinajstić information content (AvgIpc) is 2.73. The van der Waals surface area contributed by atoms with E-state index in [0.29, 0.717) is 24.3 Å². The Morgan fingerprint density at radius 1 is 1.07 bits per heavy atom. The predicted molar refractivity (Wildman–Crippen MR) is 120 cm³/mol. The molecule has 2 rings (SSSR count). The fourth-order valence-corrected chi connectivity index (χ4v) is 3.91. The van der Waals surface area contributed by atoms with Crippen molar-refractivity contribution < 1.29 is 13.2 Å². The number of nitrogens with two attached hydrogens (primary N) is 1. The lowest BCUT2D eigenvalue weighted by atomic mass is 10.1. The van der Waals surface area contributed by atoms with Gasteiger partial charge in [-0.3, -0.25) is 0 Å². The molecule has 0 bridgehead atoms. The molecule has 0 aromatic heterocycles. The second kappa shape index (κ2) is 11.6. The first-order chi connectivity index (χ1) is 14.4. The smallest absolute Gasteiger partial charge is 0.241 e. The molecule has 0 saturated carbocycles. The second-order valence-corrected chi connectivity index (χ2v) is 8.78. The summed E-state index contributed by atoms with van der Waals surface area (Å²) in [4.78, 5) is 2.13. The summed E-state index contributed by atoms with van der Waals surface area (Å²) >= 11 is 0. The van der Waals surface area contributed by atoms with Crippen LogP contribution in [0.2, 0.25) is 0 Å². The van der Waals surface area contributed by atoms with Crippen LogP contribution in [0.5, 0.6) is 11.5 Å². The highest BCUT2D eigenvalue weighted by molar-refractivity contribution is 7.89. The molecular formula is C23H31N3O3S. The van der Waals surface area contributed by atoms with Crippen LogP contribution >= 0.6 is 0 Å². The summed E-state index contributed by atoms with van der Waals surface area (Å²) in [5, 5.41) is 14.6. The highest BCUT2D eigenvalue weighted by atomic mass is 32.2. The quantitative estimate of drug-likeness (QED) is 0.513. The maximum atomic E-state index is 12.5. The first-order valence-electron chi connectivity index (χ1n) is 10.4. The number of nitriles is 1. The van der Waals surface area contributed by atoms with Gasteiger partial charge in [-0.2, -0.15) is 5.26 Å². The zero-order valence-corrected chi connectivity index (χ0v) is 18.6.